The van der Waals surface area contributed by atoms with Gasteiger partial charge in [0.15, 0.2) is 0 Å². The molecule has 1 nitrogen and oxygen atoms in total. The molecule has 0 saturated heterocycles. The molecule has 0 amide bonds. The van der Waals surface area contributed by atoms with E-state index in [1.165, 1.54) is 25.7 Å². The van der Waals surface area contributed by atoms with Crippen molar-refractivity contribution in [3.8, 4) is 0 Å². The van der Waals surface area contributed by atoms with E-state index in [0.29, 0.717) is 0 Å². The molecule has 0 N–H and O–H groups in total. The molecular formula is C6H15OS2+. The molecule has 9 heavy (non-hydrogen) atoms. The maximum Gasteiger partial charge on any atom is 0.545 e. The van der Waals surface area contributed by atoms with Crippen LogP contribution in [-0.2, 0) is 14.9 Å². The lowest BCUT2D eigenvalue weighted by atomic mass is 10.2. The molecule has 0 saturated carbocycles. The highest BCUT2D eigenvalue weighted by Crippen LogP contribution is 1.95. The molecule has 3 heteroatoms. The van der Waals surface area contributed by atoms with E-state index < -0.39 is 0 Å². The van der Waals surface area contributed by atoms with Crippen molar-refractivity contribution in [3.63, 3.8) is 0 Å². The molecule has 0 fully saturated rings. The Kier molecular flexibility index (Phi) is 21.2. The highest BCUT2D eigenvalue weighted by atomic mass is 33.1. The maximum absolute atomic E-state index is 8.71. The van der Waals surface area contributed by atoms with Crippen LogP contribution in [0.4, 0.5) is 0 Å². The normalized spacial score (nSPS) is 7.44. The highest BCUT2D eigenvalue weighted by molar-refractivity contribution is 8.51. The fourth-order valence-electron chi connectivity index (χ4n) is 0.500. The predicted molar refractivity (Wildman–Crippen MR) is 46.9 cm³/mol. The van der Waals surface area contributed by atoms with Crippen LogP contribution in [0.3, 0.4) is 0 Å². The molecule has 0 aliphatic rings. The summed E-state index contributed by atoms with van der Waals surface area (Å²) in [6, 6.07) is 0. The average Bonchev–Trinajstić information content (AvgIpc) is 1.86. The zero-order valence-electron chi connectivity index (χ0n) is 6.09. The van der Waals surface area contributed by atoms with Crippen molar-refractivity contribution < 1.29 is 4.21 Å². The van der Waals surface area contributed by atoms with Gasteiger partial charge in [-0.25, -0.2) is 0 Å². The lowest BCUT2D eigenvalue weighted by Gasteiger charge is -1.86. The number of rotatable bonds is 3. The third-order valence-electron chi connectivity index (χ3n) is 0.957. The molecule has 0 aromatic rings. The molecule has 0 spiro atoms. The van der Waals surface area contributed by atoms with E-state index in [2.05, 4.69) is 25.5 Å². The number of hydrogen-bond acceptors (Lipinski definition) is 1. The Balaban J connectivity index is 0. The minimum Gasteiger partial charge on any atom is -0.0654 e. The summed E-state index contributed by atoms with van der Waals surface area (Å²) >= 11 is 3.15. The van der Waals surface area contributed by atoms with Gasteiger partial charge < -0.3 is 0 Å². The average molecular weight is 167 g/mol. The van der Waals surface area contributed by atoms with Gasteiger partial charge in [0.05, 0.1) is 4.21 Å². The van der Waals surface area contributed by atoms with Crippen LogP contribution in [-0.4, -0.2) is 0 Å². The molecule has 0 aliphatic carbocycles. The van der Waals surface area contributed by atoms with E-state index in [4.69, 9.17) is 4.21 Å². The van der Waals surface area contributed by atoms with E-state index in [1.807, 2.05) is 0 Å². The Hall–Kier alpha value is 0.370. The van der Waals surface area contributed by atoms with Crippen molar-refractivity contribution in [2.45, 2.75) is 39.5 Å². The minimum atomic E-state index is 0.194. The van der Waals surface area contributed by atoms with E-state index in [0.717, 1.165) is 0 Å². The first-order valence-corrected chi connectivity index (χ1v) is 5.06. The Morgan fingerprint density at radius 2 is 1.44 bits per heavy atom. The predicted octanol–water partition coefficient (Wildman–Crippen LogP) is 2.85. The zero-order chi connectivity index (χ0) is 7.54. The maximum atomic E-state index is 8.71. The van der Waals surface area contributed by atoms with Crippen LogP contribution in [0.2, 0.25) is 0 Å². The second-order valence-electron chi connectivity index (χ2n) is 1.78. The number of hydrogen-bond donors (Lipinski definition) is 1. The van der Waals surface area contributed by atoms with Gasteiger partial charge in [0.25, 0.3) is 0 Å². The van der Waals surface area contributed by atoms with Crippen molar-refractivity contribution >= 4 is 22.4 Å². The summed E-state index contributed by atoms with van der Waals surface area (Å²) in [6.45, 7) is 4.46. The van der Waals surface area contributed by atoms with Crippen LogP contribution in [0.25, 0.3) is 0 Å². The van der Waals surface area contributed by atoms with Gasteiger partial charge >= 0.3 is 10.7 Å². The first kappa shape index (κ1) is 12.1. The minimum absolute atomic E-state index is 0.194. The third kappa shape index (κ3) is 29.9. The van der Waals surface area contributed by atoms with Gasteiger partial charge in [-0.05, 0) is 0 Å². The molecule has 0 aromatic heterocycles. The van der Waals surface area contributed by atoms with Crippen LogP contribution in [0.1, 0.15) is 39.5 Å². The first-order valence-electron chi connectivity index (χ1n) is 3.26. The lowest BCUT2D eigenvalue weighted by Crippen LogP contribution is -1.66. The Morgan fingerprint density at radius 3 is 1.56 bits per heavy atom. The quantitative estimate of drug-likeness (QED) is 0.296. The Morgan fingerprint density at radius 1 is 1.22 bits per heavy atom. The molecule has 0 bridgehead atoms. The van der Waals surface area contributed by atoms with Gasteiger partial charge in [-0.15, -0.1) is 0 Å². The smallest absolute Gasteiger partial charge is 0.0654 e. The standard InChI is InChI=1S/C6H14.OS2/c1-3-5-6-4-2;1-3-2/h3-6H2,1-2H3;/p+1. The molecule has 56 valence electrons. The molecule has 0 rings (SSSR count). The van der Waals surface area contributed by atoms with E-state index in [1.54, 1.807) is 0 Å². The van der Waals surface area contributed by atoms with Gasteiger partial charge in [0.2, 0.25) is 11.7 Å². The summed E-state index contributed by atoms with van der Waals surface area (Å²) in [4.78, 5) is 0. The fourth-order valence-corrected chi connectivity index (χ4v) is 0.500. The van der Waals surface area contributed by atoms with Crippen LogP contribution >= 0.6 is 11.7 Å². The lowest BCUT2D eigenvalue weighted by molar-refractivity contribution is 0.611. The van der Waals surface area contributed by atoms with E-state index in [9.17, 15) is 0 Å². The van der Waals surface area contributed by atoms with Crippen molar-refractivity contribution in [3.05, 3.63) is 0 Å². The molecule has 0 heterocycles. The van der Waals surface area contributed by atoms with Crippen LogP contribution < -0.4 is 0 Å². The van der Waals surface area contributed by atoms with Crippen molar-refractivity contribution in [1.29, 1.82) is 0 Å². The Labute approximate surface area is 66.5 Å². The Bertz CT molecular complexity index is 44.3. The zero-order valence-corrected chi connectivity index (χ0v) is 7.80. The SMILES string of the molecule is CCCCCC.O=[S+]S. The van der Waals surface area contributed by atoms with E-state index >= 15 is 0 Å². The monoisotopic (exact) mass is 167 g/mol. The second kappa shape index (κ2) is 15.8. The van der Waals surface area contributed by atoms with Crippen LogP contribution in [0.15, 0.2) is 0 Å². The summed E-state index contributed by atoms with van der Waals surface area (Å²) < 4.78 is 8.71. The van der Waals surface area contributed by atoms with Crippen molar-refractivity contribution in [1.82, 2.24) is 0 Å². The molecule has 0 aromatic carbocycles. The van der Waals surface area contributed by atoms with Gasteiger partial charge in [0.1, 0.15) is 0 Å². The van der Waals surface area contributed by atoms with Gasteiger partial charge in [-0.1, -0.05) is 39.5 Å². The summed E-state index contributed by atoms with van der Waals surface area (Å²) in [5, 5.41) is 0. The summed E-state index contributed by atoms with van der Waals surface area (Å²) in [5.41, 5.74) is 0. The van der Waals surface area contributed by atoms with Gasteiger partial charge in [-0.3, -0.25) is 0 Å². The second-order valence-corrected chi connectivity index (χ2v) is 2.38. The highest BCUT2D eigenvalue weighted by Gasteiger charge is 1.75. The van der Waals surface area contributed by atoms with Gasteiger partial charge in [-0.2, -0.15) is 0 Å². The molecular weight excluding hydrogens is 152 g/mol. The van der Waals surface area contributed by atoms with Crippen molar-refractivity contribution in [2.24, 2.45) is 0 Å². The molecule has 0 aliphatic heterocycles. The topological polar surface area (TPSA) is 17.1 Å². The summed E-state index contributed by atoms with van der Waals surface area (Å²) in [5.74, 6) is 0. The summed E-state index contributed by atoms with van der Waals surface area (Å²) in [6.07, 6.45) is 5.54. The van der Waals surface area contributed by atoms with Crippen molar-refractivity contribution in [2.75, 3.05) is 0 Å². The largest absolute Gasteiger partial charge is 0.545 e. The van der Waals surface area contributed by atoms with Crippen LogP contribution in [0.5, 0.6) is 0 Å². The number of thiol groups is 1. The van der Waals surface area contributed by atoms with Crippen LogP contribution in [0, 0.1) is 0 Å². The first-order chi connectivity index (χ1) is 4.33. The fraction of sp³-hybridized carbons (Fsp3) is 1.00. The third-order valence-corrected chi connectivity index (χ3v) is 0.957. The van der Waals surface area contributed by atoms with Gasteiger partial charge in [0, 0.05) is 0 Å². The molecule has 0 atom stereocenters. The van der Waals surface area contributed by atoms with E-state index in [-0.39, 0.29) is 10.7 Å². The number of unbranched alkanes of at least 4 members (excludes halogenated alkanes) is 3. The summed E-state index contributed by atoms with van der Waals surface area (Å²) in [7, 11) is 0.194. The molecule has 0 radical (unpaired) electrons. The molecule has 0 unspecified atom stereocenters.